The number of hydrogen-bond acceptors (Lipinski definition) is 1. The SMILES string of the molecule is [CH2]N1CCCC1=O. The lowest BCUT2D eigenvalue weighted by molar-refractivity contribution is -0.125. The zero-order valence-corrected chi connectivity index (χ0v) is 4.18. The molecule has 0 unspecified atom stereocenters. The zero-order valence-electron chi connectivity index (χ0n) is 4.18. The third-order valence-corrected chi connectivity index (χ3v) is 1.17. The molecule has 1 aliphatic heterocycles. The first-order chi connectivity index (χ1) is 3.30. The molecule has 0 aromatic heterocycles. The van der Waals surface area contributed by atoms with Crippen molar-refractivity contribution >= 4 is 5.91 Å². The molecule has 0 bridgehead atoms. The molecule has 2 nitrogen and oxygen atoms in total. The van der Waals surface area contributed by atoms with E-state index in [2.05, 4.69) is 7.05 Å². The second-order valence-electron chi connectivity index (χ2n) is 1.76. The molecule has 1 rings (SSSR count). The summed E-state index contributed by atoms with van der Waals surface area (Å²) in [5.74, 6) is 0.181. The van der Waals surface area contributed by atoms with Gasteiger partial charge in [-0.25, -0.2) is 0 Å². The van der Waals surface area contributed by atoms with Crippen LogP contribution in [0.25, 0.3) is 0 Å². The summed E-state index contributed by atoms with van der Waals surface area (Å²) in [7, 11) is 3.50. The molecule has 0 aromatic carbocycles. The monoisotopic (exact) mass is 98.1 g/mol. The van der Waals surface area contributed by atoms with Crippen LogP contribution in [0, 0.1) is 7.05 Å². The van der Waals surface area contributed by atoms with Crippen molar-refractivity contribution in [3.05, 3.63) is 7.05 Å². The molecule has 1 fully saturated rings. The Hall–Kier alpha value is -0.530. The minimum absolute atomic E-state index is 0.181. The Balaban J connectivity index is 2.48. The van der Waals surface area contributed by atoms with E-state index in [4.69, 9.17) is 0 Å². The van der Waals surface area contributed by atoms with E-state index in [1.54, 1.807) is 0 Å². The van der Waals surface area contributed by atoms with Crippen LogP contribution < -0.4 is 0 Å². The standard InChI is InChI=1S/C5H8NO/c1-6-4-2-3-5(6)7/h1-4H2. The molecule has 0 spiro atoms. The molecule has 7 heavy (non-hydrogen) atoms. The van der Waals surface area contributed by atoms with Crippen LogP contribution >= 0.6 is 0 Å². The number of carbonyl (C=O) groups excluding carboxylic acids is 1. The predicted octanol–water partition coefficient (Wildman–Crippen LogP) is 0.400. The summed E-state index contributed by atoms with van der Waals surface area (Å²) in [6.45, 7) is 0.846. The number of rotatable bonds is 0. The predicted molar refractivity (Wildman–Crippen MR) is 26.3 cm³/mol. The number of carbonyl (C=O) groups is 1. The first-order valence-electron chi connectivity index (χ1n) is 2.41. The lowest BCUT2D eigenvalue weighted by Gasteiger charge is -2.02. The van der Waals surface area contributed by atoms with Gasteiger partial charge in [0.1, 0.15) is 0 Å². The Morgan fingerprint density at radius 2 is 2.43 bits per heavy atom. The maximum Gasteiger partial charge on any atom is 0.222 e. The first-order valence-corrected chi connectivity index (χ1v) is 2.41. The molecule has 0 aromatic rings. The second-order valence-corrected chi connectivity index (χ2v) is 1.76. The van der Waals surface area contributed by atoms with Crippen LogP contribution in [0.1, 0.15) is 12.8 Å². The third-order valence-electron chi connectivity index (χ3n) is 1.17. The van der Waals surface area contributed by atoms with E-state index in [-0.39, 0.29) is 5.91 Å². The van der Waals surface area contributed by atoms with Crippen LogP contribution in [0.2, 0.25) is 0 Å². The van der Waals surface area contributed by atoms with E-state index < -0.39 is 0 Å². The maximum atomic E-state index is 10.4. The van der Waals surface area contributed by atoms with Crippen molar-refractivity contribution in [2.75, 3.05) is 6.54 Å². The molecule has 0 aliphatic carbocycles. The number of hydrogen-bond donors (Lipinski definition) is 0. The van der Waals surface area contributed by atoms with Gasteiger partial charge in [-0.05, 0) is 6.42 Å². The highest BCUT2D eigenvalue weighted by Crippen LogP contribution is 2.05. The molecule has 2 heteroatoms. The molecule has 0 N–H and O–H groups in total. The lowest BCUT2D eigenvalue weighted by atomic mass is 10.4. The quantitative estimate of drug-likeness (QED) is 0.429. The van der Waals surface area contributed by atoms with Gasteiger partial charge in [-0.3, -0.25) is 4.79 Å². The van der Waals surface area contributed by atoms with Crippen LogP contribution in [0.3, 0.4) is 0 Å². The fourth-order valence-corrected chi connectivity index (χ4v) is 0.704. The van der Waals surface area contributed by atoms with Crippen molar-refractivity contribution in [3.8, 4) is 0 Å². The molecule has 0 atom stereocenters. The van der Waals surface area contributed by atoms with E-state index in [0.29, 0.717) is 6.42 Å². The van der Waals surface area contributed by atoms with Gasteiger partial charge in [0.2, 0.25) is 5.91 Å². The Kier molecular flexibility index (Phi) is 1.01. The third kappa shape index (κ3) is 0.734. The zero-order chi connectivity index (χ0) is 5.28. The van der Waals surface area contributed by atoms with Crippen LogP contribution in [0.15, 0.2) is 0 Å². The fraction of sp³-hybridized carbons (Fsp3) is 0.600. The maximum absolute atomic E-state index is 10.4. The van der Waals surface area contributed by atoms with Crippen molar-refractivity contribution < 1.29 is 4.79 Å². The summed E-state index contributed by atoms with van der Waals surface area (Å²) in [6, 6.07) is 0. The fourth-order valence-electron chi connectivity index (χ4n) is 0.704. The van der Waals surface area contributed by atoms with E-state index in [0.717, 1.165) is 13.0 Å². The lowest BCUT2D eigenvalue weighted by Crippen LogP contribution is -2.15. The van der Waals surface area contributed by atoms with Crippen LogP contribution in [-0.4, -0.2) is 17.4 Å². The van der Waals surface area contributed by atoms with Crippen molar-refractivity contribution in [1.29, 1.82) is 0 Å². The van der Waals surface area contributed by atoms with E-state index in [1.807, 2.05) is 0 Å². The number of amides is 1. The topological polar surface area (TPSA) is 20.3 Å². The van der Waals surface area contributed by atoms with Crippen LogP contribution in [-0.2, 0) is 4.79 Å². The minimum Gasteiger partial charge on any atom is -0.341 e. The average molecular weight is 98.1 g/mol. The van der Waals surface area contributed by atoms with Crippen molar-refractivity contribution in [2.24, 2.45) is 0 Å². The number of likely N-dealkylation sites (tertiary alicyclic amines) is 1. The van der Waals surface area contributed by atoms with E-state index in [1.165, 1.54) is 4.90 Å². The second kappa shape index (κ2) is 1.52. The van der Waals surface area contributed by atoms with Gasteiger partial charge in [0, 0.05) is 20.0 Å². The largest absolute Gasteiger partial charge is 0.341 e. The highest BCUT2D eigenvalue weighted by molar-refractivity contribution is 5.78. The van der Waals surface area contributed by atoms with Gasteiger partial charge in [0.05, 0.1) is 0 Å². The normalized spacial score (nSPS) is 21.3. The summed E-state index contributed by atoms with van der Waals surface area (Å²) in [5.41, 5.74) is 0. The van der Waals surface area contributed by atoms with Crippen molar-refractivity contribution in [1.82, 2.24) is 4.90 Å². The summed E-state index contributed by atoms with van der Waals surface area (Å²) in [6.07, 6.45) is 1.69. The summed E-state index contributed by atoms with van der Waals surface area (Å²) in [5, 5.41) is 0. The summed E-state index contributed by atoms with van der Waals surface area (Å²) >= 11 is 0. The van der Waals surface area contributed by atoms with Gasteiger partial charge in [0.15, 0.2) is 0 Å². The first kappa shape index (κ1) is 4.62. The molecule has 0 saturated carbocycles. The smallest absolute Gasteiger partial charge is 0.222 e. The molecule has 1 amide bonds. The Morgan fingerprint density at radius 3 is 2.57 bits per heavy atom. The highest BCUT2D eigenvalue weighted by Gasteiger charge is 2.14. The molecular weight excluding hydrogens is 90.1 g/mol. The number of nitrogens with zero attached hydrogens (tertiary/aromatic N) is 1. The molecule has 1 radical (unpaired) electrons. The van der Waals surface area contributed by atoms with Crippen molar-refractivity contribution in [3.63, 3.8) is 0 Å². The highest BCUT2D eigenvalue weighted by atomic mass is 16.2. The summed E-state index contributed by atoms with van der Waals surface area (Å²) < 4.78 is 0. The molecule has 1 saturated heterocycles. The van der Waals surface area contributed by atoms with Gasteiger partial charge in [-0.15, -0.1) is 0 Å². The van der Waals surface area contributed by atoms with Gasteiger partial charge < -0.3 is 4.90 Å². The van der Waals surface area contributed by atoms with Crippen molar-refractivity contribution in [2.45, 2.75) is 12.8 Å². The Bertz CT molecular complexity index is 90.1. The van der Waals surface area contributed by atoms with Gasteiger partial charge in [-0.1, -0.05) is 0 Å². The average Bonchev–Trinajstić information content (AvgIpc) is 1.91. The molecule has 1 heterocycles. The Labute approximate surface area is 43.1 Å². The molecular formula is C5H8NO. The molecule has 39 valence electrons. The molecule has 1 aliphatic rings. The summed E-state index contributed by atoms with van der Waals surface area (Å²) in [4.78, 5) is 12.0. The van der Waals surface area contributed by atoms with E-state index in [9.17, 15) is 4.79 Å². The van der Waals surface area contributed by atoms with Gasteiger partial charge in [0.25, 0.3) is 0 Å². The Morgan fingerprint density at radius 1 is 1.71 bits per heavy atom. The minimum atomic E-state index is 0.181. The van der Waals surface area contributed by atoms with Crippen LogP contribution in [0.4, 0.5) is 0 Å². The van der Waals surface area contributed by atoms with Crippen LogP contribution in [0.5, 0.6) is 0 Å². The van der Waals surface area contributed by atoms with E-state index >= 15 is 0 Å². The van der Waals surface area contributed by atoms with Gasteiger partial charge >= 0.3 is 0 Å². The van der Waals surface area contributed by atoms with Gasteiger partial charge in [-0.2, -0.15) is 0 Å².